The normalized spacial score (nSPS) is 14.3. The van der Waals surface area contributed by atoms with Gasteiger partial charge in [-0.1, -0.05) is 120 Å². The average molecular weight is 767 g/mol. The molecule has 0 aromatic heterocycles. The molecule has 1 unspecified atom stereocenters. The van der Waals surface area contributed by atoms with Crippen molar-refractivity contribution in [2.24, 2.45) is 0 Å². The van der Waals surface area contributed by atoms with Gasteiger partial charge in [-0.15, -0.1) is 0 Å². The SMILES string of the molecule is CC/C=C/C/C=C/C/C=C/C/C=C/CCCCC(=O)OC[C@H](COP(=O)(O)OCC[N+](C)(C)C)OC(=O)CCCCCCC/C=C/CCCCCCC. The van der Waals surface area contributed by atoms with E-state index in [4.69, 9.17) is 18.5 Å². The van der Waals surface area contributed by atoms with Gasteiger partial charge in [0, 0.05) is 12.8 Å². The predicted octanol–water partition coefficient (Wildman–Crippen LogP) is 11.3. The second-order valence-corrected chi connectivity index (χ2v) is 16.1. The van der Waals surface area contributed by atoms with Crippen molar-refractivity contribution in [2.75, 3.05) is 47.5 Å². The van der Waals surface area contributed by atoms with Crippen molar-refractivity contribution in [2.45, 2.75) is 155 Å². The maximum atomic E-state index is 12.6. The van der Waals surface area contributed by atoms with Gasteiger partial charge < -0.3 is 18.9 Å². The van der Waals surface area contributed by atoms with Gasteiger partial charge in [0.1, 0.15) is 19.8 Å². The van der Waals surface area contributed by atoms with Crippen molar-refractivity contribution in [3.8, 4) is 0 Å². The molecule has 0 amide bonds. The Balaban J connectivity index is 4.50. The van der Waals surface area contributed by atoms with Crippen LogP contribution in [-0.4, -0.2) is 74.9 Å². The number of hydrogen-bond acceptors (Lipinski definition) is 7. The lowest BCUT2D eigenvalue weighted by Crippen LogP contribution is -2.37. The molecule has 306 valence electrons. The maximum Gasteiger partial charge on any atom is 0.472 e. The first kappa shape index (κ1) is 50.7. The first-order valence-electron chi connectivity index (χ1n) is 20.5. The van der Waals surface area contributed by atoms with Crippen LogP contribution in [0.25, 0.3) is 0 Å². The Bertz CT molecular complexity index is 1090. The molecule has 0 aromatic rings. The first-order chi connectivity index (χ1) is 25.5. The lowest BCUT2D eigenvalue weighted by Gasteiger charge is -2.24. The molecule has 0 fully saturated rings. The summed E-state index contributed by atoms with van der Waals surface area (Å²) in [5.41, 5.74) is 0. The Kier molecular flexibility index (Phi) is 33.9. The van der Waals surface area contributed by atoms with Crippen LogP contribution in [0.15, 0.2) is 60.8 Å². The smallest absolute Gasteiger partial charge is 0.462 e. The second kappa shape index (κ2) is 35.4. The zero-order valence-electron chi connectivity index (χ0n) is 34.2. The van der Waals surface area contributed by atoms with Gasteiger partial charge in [-0.25, -0.2) is 4.57 Å². The largest absolute Gasteiger partial charge is 0.472 e. The van der Waals surface area contributed by atoms with Crippen molar-refractivity contribution in [1.82, 2.24) is 0 Å². The Morgan fingerprint density at radius 1 is 0.604 bits per heavy atom. The highest BCUT2D eigenvalue weighted by atomic mass is 31.2. The van der Waals surface area contributed by atoms with Crippen LogP contribution in [0.1, 0.15) is 149 Å². The van der Waals surface area contributed by atoms with E-state index in [2.05, 4.69) is 74.6 Å². The molecule has 0 heterocycles. The third-order valence-corrected chi connectivity index (χ3v) is 9.27. The summed E-state index contributed by atoms with van der Waals surface area (Å²) in [5, 5.41) is 0. The second-order valence-electron chi connectivity index (χ2n) is 14.6. The molecule has 0 saturated heterocycles. The number of carbonyl (C=O) groups is 2. The van der Waals surface area contributed by atoms with Crippen LogP contribution < -0.4 is 0 Å². The minimum absolute atomic E-state index is 0.0209. The van der Waals surface area contributed by atoms with Crippen molar-refractivity contribution in [3.05, 3.63) is 60.8 Å². The molecule has 0 aliphatic carbocycles. The van der Waals surface area contributed by atoms with Gasteiger partial charge in [-0.3, -0.25) is 18.6 Å². The zero-order chi connectivity index (χ0) is 39.3. The van der Waals surface area contributed by atoms with E-state index in [-0.39, 0.29) is 26.1 Å². The molecule has 0 aliphatic rings. The van der Waals surface area contributed by atoms with E-state index in [1.807, 2.05) is 21.1 Å². The van der Waals surface area contributed by atoms with E-state index in [1.54, 1.807) is 0 Å². The van der Waals surface area contributed by atoms with E-state index in [0.717, 1.165) is 70.6 Å². The highest BCUT2D eigenvalue weighted by Gasteiger charge is 2.27. The van der Waals surface area contributed by atoms with E-state index < -0.39 is 32.5 Å². The molecule has 0 bridgehead atoms. The van der Waals surface area contributed by atoms with Crippen LogP contribution in [0.5, 0.6) is 0 Å². The summed E-state index contributed by atoms with van der Waals surface area (Å²) in [6, 6.07) is 0. The molecule has 0 spiro atoms. The molecule has 10 heteroatoms. The topological polar surface area (TPSA) is 108 Å². The number of unbranched alkanes of at least 4 members (excludes halogenated alkanes) is 12. The zero-order valence-corrected chi connectivity index (χ0v) is 35.1. The molecule has 0 radical (unpaired) electrons. The summed E-state index contributed by atoms with van der Waals surface area (Å²) in [6.45, 7) is 4.22. The highest BCUT2D eigenvalue weighted by molar-refractivity contribution is 7.47. The van der Waals surface area contributed by atoms with Crippen molar-refractivity contribution in [1.29, 1.82) is 0 Å². The fraction of sp³-hybridized carbons (Fsp3) is 0.721. The number of allylic oxidation sites excluding steroid dienone is 10. The van der Waals surface area contributed by atoms with Crippen LogP contribution >= 0.6 is 7.82 Å². The van der Waals surface area contributed by atoms with Crippen LogP contribution in [0.4, 0.5) is 0 Å². The van der Waals surface area contributed by atoms with E-state index in [9.17, 15) is 19.0 Å². The van der Waals surface area contributed by atoms with Crippen molar-refractivity contribution >= 4 is 19.8 Å². The van der Waals surface area contributed by atoms with Gasteiger partial charge in [0.2, 0.25) is 0 Å². The van der Waals surface area contributed by atoms with Crippen LogP contribution in [0.2, 0.25) is 0 Å². The van der Waals surface area contributed by atoms with E-state index >= 15 is 0 Å². The number of ether oxygens (including phenoxy) is 2. The lowest BCUT2D eigenvalue weighted by atomic mass is 10.1. The molecule has 0 rings (SSSR count). The Morgan fingerprint density at radius 3 is 1.66 bits per heavy atom. The number of quaternary nitrogens is 1. The predicted molar refractivity (Wildman–Crippen MR) is 219 cm³/mol. The molecule has 0 aliphatic heterocycles. The van der Waals surface area contributed by atoms with Gasteiger partial charge in [0.05, 0.1) is 27.7 Å². The van der Waals surface area contributed by atoms with Gasteiger partial charge in [-0.2, -0.15) is 0 Å². The molecule has 9 nitrogen and oxygen atoms in total. The van der Waals surface area contributed by atoms with Gasteiger partial charge in [0.25, 0.3) is 0 Å². The molecule has 2 atom stereocenters. The average Bonchev–Trinajstić information content (AvgIpc) is 3.10. The van der Waals surface area contributed by atoms with Crippen molar-refractivity contribution < 1.29 is 42.1 Å². The maximum absolute atomic E-state index is 12.6. The number of hydrogen-bond donors (Lipinski definition) is 1. The molecule has 0 saturated carbocycles. The van der Waals surface area contributed by atoms with Crippen LogP contribution in [-0.2, 0) is 32.7 Å². The summed E-state index contributed by atoms with van der Waals surface area (Å²) in [5.74, 6) is -0.863. The lowest BCUT2D eigenvalue weighted by molar-refractivity contribution is -0.870. The monoisotopic (exact) mass is 767 g/mol. The third-order valence-electron chi connectivity index (χ3n) is 8.28. The fourth-order valence-electron chi connectivity index (χ4n) is 5.06. The first-order valence-corrected chi connectivity index (χ1v) is 22.0. The summed E-state index contributed by atoms with van der Waals surface area (Å²) in [6.07, 6.45) is 41.3. The van der Waals surface area contributed by atoms with Crippen LogP contribution in [0, 0.1) is 0 Å². The number of rotatable bonds is 36. The molecule has 0 aromatic carbocycles. The minimum Gasteiger partial charge on any atom is -0.462 e. The molecule has 53 heavy (non-hydrogen) atoms. The number of phosphoric ester groups is 1. The standard InChI is InChI=1S/C43H76NO8P/c1-6-8-10-12-14-16-18-20-22-24-25-27-29-31-33-35-42(45)49-39-41(40-51-53(47,48)50-38-37-44(3,4)5)52-43(46)36-34-32-30-28-26-23-21-19-17-15-13-11-9-7-2/h8,10,14,16,19-22,25,27,41H,6-7,9,11-13,15,17-18,23-24,26,28-40H2,1-5H3/p+1/b10-8+,16-14+,21-19+,22-20+,27-25+/t41-/m1/s1. The van der Waals surface area contributed by atoms with Crippen molar-refractivity contribution in [3.63, 3.8) is 0 Å². The molecule has 1 N–H and O–H groups in total. The van der Waals surface area contributed by atoms with Gasteiger partial charge >= 0.3 is 19.8 Å². The quantitative estimate of drug-likeness (QED) is 0.0221. The van der Waals surface area contributed by atoms with E-state index in [1.165, 1.54) is 38.5 Å². The minimum atomic E-state index is -4.38. The Labute approximate surface area is 324 Å². The fourth-order valence-corrected chi connectivity index (χ4v) is 5.80. The third kappa shape index (κ3) is 39.2. The summed E-state index contributed by atoms with van der Waals surface area (Å²) < 4.78 is 34.2. The highest BCUT2D eigenvalue weighted by Crippen LogP contribution is 2.43. The number of nitrogens with zero attached hydrogens (tertiary/aromatic N) is 1. The number of phosphoric acid groups is 1. The number of carbonyl (C=O) groups excluding carboxylic acids is 2. The Morgan fingerprint density at radius 2 is 1.08 bits per heavy atom. The molecular formula is C43H77NO8P+. The van der Waals surface area contributed by atoms with Gasteiger partial charge in [-0.05, 0) is 77.0 Å². The van der Waals surface area contributed by atoms with Gasteiger partial charge in [0.15, 0.2) is 6.10 Å². The molecular weight excluding hydrogens is 689 g/mol. The van der Waals surface area contributed by atoms with E-state index in [0.29, 0.717) is 23.9 Å². The Hall–Kier alpha value is -2.29. The summed E-state index contributed by atoms with van der Waals surface area (Å²) >= 11 is 0. The summed E-state index contributed by atoms with van der Waals surface area (Å²) in [7, 11) is 1.44. The number of likely N-dealkylation sites (N-methyl/N-ethyl adjacent to an activating group) is 1. The number of esters is 2. The summed E-state index contributed by atoms with van der Waals surface area (Å²) in [4.78, 5) is 35.2. The van der Waals surface area contributed by atoms with Crippen LogP contribution in [0.3, 0.4) is 0 Å².